The summed E-state index contributed by atoms with van der Waals surface area (Å²) < 4.78 is 33.0. The first-order chi connectivity index (χ1) is 17.3. The first kappa shape index (κ1) is 28.1. The Balaban J connectivity index is 1.46. The smallest absolute Gasteiger partial charge is 0.257 e. The van der Waals surface area contributed by atoms with E-state index in [-0.39, 0.29) is 15.9 Å². The van der Waals surface area contributed by atoms with Gasteiger partial charge in [-0.15, -0.1) is 0 Å². The number of unbranched alkanes of at least 4 members (excludes halogenated alkanes) is 4. The van der Waals surface area contributed by atoms with Crippen molar-refractivity contribution in [2.45, 2.75) is 63.7 Å². The summed E-state index contributed by atoms with van der Waals surface area (Å²) >= 11 is 5.26. The highest BCUT2D eigenvalue weighted by Crippen LogP contribution is 2.24. The van der Waals surface area contributed by atoms with Crippen molar-refractivity contribution in [3.05, 3.63) is 54.1 Å². The molecule has 1 aliphatic rings. The highest BCUT2D eigenvalue weighted by Gasteiger charge is 2.27. The van der Waals surface area contributed by atoms with Gasteiger partial charge >= 0.3 is 0 Å². The highest BCUT2D eigenvalue weighted by atomic mass is 32.2. The van der Waals surface area contributed by atoms with Gasteiger partial charge in [-0.1, -0.05) is 39.5 Å². The van der Waals surface area contributed by atoms with Gasteiger partial charge in [-0.05, 0) is 85.9 Å². The molecule has 2 aromatic carbocycles. The van der Waals surface area contributed by atoms with Crippen LogP contribution in [0.25, 0.3) is 0 Å². The molecule has 2 aromatic rings. The third kappa shape index (κ3) is 8.28. The Hall–Kier alpha value is -2.49. The third-order valence-corrected chi connectivity index (χ3v) is 8.47. The number of nitrogens with one attached hydrogen (secondary N) is 2. The number of thiocarbonyl (C=S) groups is 1. The van der Waals surface area contributed by atoms with Gasteiger partial charge in [0.2, 0.25) is 10.0 Å². The van der Waals surface area contributed by atoms with Crippen molar-refractivity contribution in [3.63, 3.8) is 0 Å². The molecule has 2 N–H and O–H groups in total. The fourth-order valence-electron chi connectivity index (χ4n) is 4.02. The molecule has 0 bridgehead atoms. The number of hydrogen-bond acceptors (Lipinski definition) is 5. The van der Waals surface area contributed by atoms with Gasteiger partial charge in [0.25, 0.3) is 5.91 Å². The second-order valence-electron chi connectivity index (χ2n) is 9.31. The van der Waals surface area contributed by atoms with E-state index in [0.29, 0.717) is 36.9 Å². The van der Waals surface area contributed by atoms with Crippen molar-refractivity contribution >= 4 is 38.9 Å². The van der Waals surface area contributed by atoms with Crippen LogP contribution < -0.4 is 15.4 Å². The van der Waals surface area contributed by atoms with Gasteiger partial charge in [-0.3, -0.25) is 10.1 Å². The summed E-state index contributed by atoms with van der Waals surface area (Å²) in [7, 11) is -3.51. The summed E-state index contributed by atoms with van der Waals surface area (Å²) in [6.45, 7) is 6.10. The van der Waals surface area contributed by atoms with E-state index in [1.54, 1.807) is 52.8 Å². The molecule has 1 saturated heterocycles. The number of sulfonamides is 1. The van der Waals surface area contributed by atoms with Crippen molar-refractivity contribution in [2.75, 3.05) is 25.0 Å². The molecule has 1 amide bonds. The molecule has 1 fully saturated rings. The number of rotatable bonds is 11. The van der Waals surface area contributed by atoms with Crippen molar-refractivity contribution in [2.24, 2.45) is 5.92 Å². The van der Waals surface area contributed by atoms with E-state index in [0.717, 1.165) is 31.4 Å². The SMILES string of the molecule is CCCCCCCOc1ccc(C(=O)NC(=S)Nc2ccc(S(=O)(=O)N3CCC(C)CC3)cc2)cc1. The molecular weight excluding hydrogens is 494 g/mol. The molecule has 196 valence electrons. The predicted octanol–water partition coefficient (Wildman–Crippen LogP) is 5.58. The molecule has 0 aliphatic carbocycles. The number of nitrogens with zero attached hydrogens (tertiary/aromatic N) is 1. The van der Waals surface area contributed by atoms with Crippen molar-refractivity contribution < 1.29 is 17.9 Å². The number of ether oxygens (including phenoxy) is 1. The van der Waals surface area contributed by atoms with Gasteiger partial charge in [-0.2, -0.15) is 4.31 Å². The van der Waals surface area contributed by atoms with Crippen LogP contribution in [0.15, 0.2) is 53.4 Å². The first-order valence-electron chi connectivity index (χ1n) is 12.7. The van der Waals surface area contributed by atoms with E-state index in [2.05, 4.69) is 24.5 Å². The van der Waals surface area contributed by atoms with Gasteiger partial charge in [-0.25, -0.2) is 8.42 Å². The van der Waals surface area contributed by atoms with Crippen LogP contribution in [0.3, 0.4) is 0 Å². The zero-order chi connectivity index (χ0) is 26.0. The number of carbonyl (C=O) groups is 1. The lowest BCUT2D eigenvalue weighted by atomic mass is 10.0. The van der Waals surface area contributed by atoms with E-state index in [1.165, 1.54) is 19.3 Å². The van der Waals surface area contributed by atoms with Gasteiger partial charge < -0.3 is 10.1 Å². The zero-order valence-electron chi connectivity index (χ0n) is 21.2. The van der Waals surface area contributed by atoms with Crippen LogP contribution in [-0.2, 0) is 10.0 Å². The highest BCUT2D eigenvalue weighted by molar-refractivity contribution is 7.89. The van der Waals surface area contributed by atoms with E-state index in [1.807, 2.05) is 0 Å². The van der Waals surface area contributed by atoms with Crippen LogP contribution in [0.2, 0.25) is 0 Å². The Labute approximate surface area is 220 Å². The number of amides is 1. The quantitative estimate of drug-likeness (QED) is 0.291. The average molecular weight is 532 g/mol. The van der Waals surface area contributed by atoms with Crippen molar-refractivity contribution in [1.29, 1.82) is 0 Å². The van der Waals surface area contributed by atoms with Crippen LogP contribution in [0.5, 0.6) is 5.75 Å². The Morgan fingerprint density at radius 2 is 1.64 bits per heavy atom. The predicted molar refractivity (Wildman–Crippen MR) is 148 cm³/mol. The minimum absolute atomic E-state index is 0.132. The molecule has 0 aromatic heterocycles. The number of benzene rings is 2. The second-order valence-corrected chi connectivity index (χ2v) is 11.7. The molecule has 0 spiro atoms. The Morgan fingerprint density at radius 1 is 1.00 bits per heavy atom. The second kappa shape index (κ2) is 13.7. The number of hydrogen-bond donors (Lipinski definition) is 2. The maximum Gasteiger partial charge on any atom is 0.257 e. The summed E-state index contributed by atoms with van der Waals surface area (Å²) in [6, 6.07) is 13.4. The average Bonchev–Trinajstić information content (AvgIpc) is 2.87. The zero-order valence-corrected chi connectivity index (χ0v) is 22.8. The fraction of sp³-hybridized carbons (Fsp3) is 0.481. The van der Waals surface area contributed by atoms with E-state index in [9.17, 15) is 13.2 Å². The third-order valence-electron chi connectivity index (χ3n) is 6.35. The minimum Gasteiger partial charge on any atom is -0.494 e. The minimum atomic E-state index is -3.51. The normalized spacial score (nSPS) is 14.8. The standard InChI is InChI=1S/C27H37N3O4S2/c1-3-4-5-6-7-20-34-24-12-8-22(9-13-24)26(31)29-27(35)28-23-10-14-25(15-11-23)36(32,33)30-18-16-21(2)17-19-30/h8-15,21H,3-7,16-20H2,1-2H3,(H2,28,29,31,35). The Bertz CT molecular complexity index is 1090. The lowest BCUT2D eigenvalue weighted by Crippen LogP contribution is -2.37. The Morgan fingerprint density at radius 3 is 2.28 bits per heavy atom. The number of anilines is 1. The fourth-order valence-corrected chi connectivity index (χ4v) is 5.70. The molecule has 9 heteroatoms. The summed E-state index contributed by atoms with van der Waals surface area (Å²) in [4.78, 5) is 12.8. The van der Waals surface area contributed by atoms with E-state index in [4.69, 9.17) is 17.0 Å². The van der Waals surface area contributed by atoms with Gasteiger partial charge in [0, 0.05) is 24.3 Å². The lowest BCUT2D eigenvalue weighted by molar-refractivity contribution is 0.0977. The summed E-state index contributed by atoms with van der Waals surface area (Å²) in [5, 5.41) is 5.72. The van der Waals surface area contributed by atoms with Crippen LogP contribution >= 0.6 is 12.2 Å². The van der Waals surface area contributed by atoms with E-state index >= 15 is 0 Å². The van der Waals surface area contributed by atoms with Gasteiger partial charge in [0.05, 0.1) is 11.5 Å². The van der Waals surface area contributed by atoms with Crippen molar-refractivity contribution in [3.8, 4) is 5.75 Å². The monoisotopic (exact) mass is 531 g/mol. The number of carbonyl (C=O) groups excluding carboxylic acids is 1. The molecule has 1 heterocycles. The van der Waals surface area contributed by atoms with Crippen LogP contribution in [0.1, 0.15) is 69.2 Å². The largest absolute Gasteiger partial charge is 0.494 e. The maximum atomic E-state index is 12.9. The molecule has 7 nitrogen and oxygen atoms in total. The summed E-state index contributed by atoms with van der Waals surface area (Å²) in [6.07, 6.45) is 7.64. The molecule has 0 unspecified atom stereocenters. The van der Waals surface area contributed by atoms with Crippen molar-refractivity contribution in [1.82, 2.24) is 9.62 Å². The molecule has 1 aliphatic heterocycles. The maximum absolute atomic E-state index is 12.9. The van der Waals surface area contributed by atoms with Gasteiger partial charge in [0.15, 0.2) is 5.11 Å². The van der Waals surface area contributed by atoms with E-state index < -0.39 is 10.0 Å². The van der Waals surface area contributed by atoms with Gasteiger partial charge in [0.1, 0.15) is 5.75 Å². The molecule has 36 heavy (non-hydrogen) atoms. The molecule has 3 rings (SSSR count). The number of piperidine rings is 1. The molecule has 0 atom stereocenters. The topological polar surface area (TPSA) is 87.7 Å². The first-order valence-corrected chi connectivity index (χ1v) is 14.6. The molecule has 0 saturated carbocycles. The Kier molecular flexibility index (Phi) is 10.7. The van der Waals surface area contributed by atoms with Crippen LogP contribution in [-0.4, -0.2) is 43.4 Å². The summed E-state index contributed by atoms with van der Waals surface area (Å²) in [5.41, 5.74) is 1.06. The summed E-state index contributed by atoms with van der Waals surface area (Å²) in [5.74, 6) is 0.949. The molecule has 0 radical (unpaired) electrons. The van der Waals surface area contributed by atoms with Crippen LogP contribution in [0.4, 0.5) is 5.69 Å². The van der Waals surface area contributed by atoms with Crippen LogP contribution in [0, 0.1) is 5.92 Å². The lowest BCUT2D eigenvalue weighted by Gasteiger charge is -2.29. The molecular formula is C27H37N3O4S2.